The van der Waals surface area contributed by atoms with Gasteiger partial charge in [-0.15, -0.1) is 11.3 Å². The fourth-order valence-corrected chi connectivity index (χ4v) is 3.05. The van der Waals surface area contributed by atoms with E-state index in [1.54, 1.807) is 23.7 Å². The number of hydrogen-bond donors (Lipinski definition) is 2. The first-order valence-electron chi connectivity index (χ1n) is 8.03. The maximum Gasteiger partial charge on any atom is 0.148 e. The molecule has 130 valence electrons. The van der Waals surface area contributed by atoms with Crippen LogP contribution < -0.4 is 10.6 Å². The third-order valence-electron chi connectivity index (χ3n) is 3.59. The number of nitrogens with zero attached hydrogens (tertiary/aromatic N) is 5. The summed E-state index contributed by atoms with van der Waals surface area (Å²) in [4.78, 5) is 23.2. The summed E-state index contributed by atoms with van der Waals surface area (Å²) in [7, 11) is 0. The quantitative estimate of drug-likeness (QED) is 0.702. The van der Waals surface area contributed by atoms with Gasteiger partial charge in [0.05, 0.1) is 35.9 Å². The molecule has 0 atom stereocenters. The van der Waals surface area contributed by atoms with Crippen LogP contribution in [0.4, 0.5) is 11.6 Å². The molecule has 3 aromatic rings. The fourth-order valence-electron chi connectivity index (χ4n) is 2.25. The molecule has 0 aliphatic carbocycles. The van der Waals surface area contributed by atoms with Gasteiger partial charge >= 0.3 is 0 Å². The molecule has 3 rings (SSSR count). The average molecular weight is 355 g/mol. The van der Waals surface area contributed by atoms with Crippen molar-refractivity contribution in [3.05, 3.63) is 51.3 Å². The minimum absolute atomic E-state index is 0.632. The number of rotatable bonds is 6. The van der Waals surface area contributed by atoms with E-state index >= 15 is 0 Å². The number of hydrogen-bond acceptors (Lipinski definition) is 8. The van der Waals surface area contributed by atoms with Crippen LogP contribution in [-0.2, 0) is 13.1 Å². The van der Waals surface area contributed by atoms with Crippen molar-refractivity contribution in [2.75, 3.05) is 10.6 Å². The molecule has 3 aromatic heterocycles. The highest BCUT2D eigenvalue weighted by molar-refractivity contribution is 7.11. The van der Waals surface area contributed by atoms with Crippen LogP contribution in [0, 0.1) is 27.7 Å². The first-order chi connectivity index (χ1) is 12.0. The van der Waals surface area contributed by atoms with Gasteiger partial charge in [-0.05, 0) is 27.7 Å². The highest BCUT2D eigenvalue weighted by Crippen LogP contribution is 2.18. The van der Waals surface area contributed by atoms with Crippen LogP contribution in [0.3, 0.4) is 0 Å². The number of aromatic nitrogens is 5. The Morgan fingerprint density at radius 3 is 1.92 bits per heavy atom. The van der Waals surface area contributed by atoms with Gasteiger partial charge in [-0.2, -0.15) is 0 Å². The van der Waals surface area contributed by atoms with Gasteiger partial charge in [0.2, 0.25) is 0 Å². The second-order valence-corrected chi connectivity index (χ2v) is 7.02. The second kappa shape index (κ2) is 7.52. The molecular weight excluding hydrogens is 334 g/mol. The first-order valence-corrected chi connectivity index (χ1v) is 8.84. The van der Waals surface area contributed by atoms with Gasteiger partial charge in [0.1, 0.15) is 16.6 Å². The van der Waals surface area contributed by atoms with Crippen molar-refractivity contribution in [2.24, 2.45) is 0 Å². The van der Waals surface area contributed by atoms with Crippen molar-refractivity contribution in [3.8, 4) is 0 Å². The average Bonchev–Trinajstić information content (AvgIpc) is 3.04. The van der Waals surface area contributed by atoms with Gasteiger partial charge in [0.15, 0.2) is 0 Å². The predicted molar refractivity (Wildman–Crippen MR) is 99.8 cm³/mol. The molecule has 0 bridgehead atoms. The molecule has 0 aliphatic rings. The number of thiazole rings is 1. The summed E-state index contributed by atoms with van der Waals surface area (Å²) in [5, 5.41) is 7.64. The van der Waals surface area contributed by atoms with Crippen molar-refractivity contribution in [2.45, 2.75) is 40.8 Å². The first kappa shape index (κ1) is 17.2. The molecular formula is C17H21N7S. The molecule has 0 aliphatic heterocycles. The Balaban J connectivity index is 1.59. The summed E-state index contributed by atoms with van der Waals surface area (Å²) in [6.45, 7) is 9.07. The Bertz CT molecular complexity index is 805. The van der Waals surface area contributed by atoms with Crippen LogP contribution in [0.15, 0.2) is 18.6 Å². The van der Waals surface area contributed by atoms with E-state index < -0.39 is 0 Å². The van der Waals surface area contributed by atoms with Crippen LogP contribution in [0.5, 0.6) is 0 Å². The molecule has 0 radical (unpaired) electrons. The maximum absolute atomic E-state index is 4.47. The Morgan fingerprint density at radius 1 is 0.760 bits per heavy atom. The molecule has 0 unspecified atom stereocenters. The van der Waals surface area contributed by atoms with Crippen molar-refractivity contribution < 1.29 is 0 Å². The lowest BCUT2D eigenvalue weighted by atomic mass is 10.4. The van der Waals surface area contributed by atoms with E-state index in [2.05, 4.69) is 35.6 Å². The van der Waals surface area contributed by atoms with E-state index in [0.717, 1.165) is 44.3 Å². The Morgan fingerprint density at radius 2 is 1.32 bits per heavy atom. The Hall–Kier alpha value is -2.61. The lowest BCUT2D eigenvalue weighted by molar-refractivity contribution is 1.01. The van der Waals surface area contributed by atoms with Gasteiger partial charge < -0.3 is 10.6 Å². The minimum Gasteiger partial charge on any atom is -0.364 e. The molecule has 25 heavy (non-hydrogen) atoms. The molecule has 7 nitrogen and oxygen atoms in total. The van der Waals surface area contributed by atoms with E-state index in [-0.39, 0.29) is 0 Å². The number of nitrogens with one attached hydrogen (secondary N) is 2. The van der Waals surface area contributed by atoms with Gasteiger partial charge in [0, 0.05) is 23.5 Å². The Kier molecular flexibility index (Phi) is 5.18. The summed E-state index contributed by atoms with van der Waals surface area (Å²) in [6, 6.07) is 0. The monoisotopic (exact) mass is 355 g/mol. The van der Waals surface area contributed by atoms with Gasteiger partial charge in [-0.1, -0.05) is 0 Å². The number of aryl methyl sites for hydroxylation is 4. The second-order valence-electron chi connectivity index (χ2n) is 5.82. The molecule has 0 fully saturated rings. The van der Waals surface area contributed by atoms with Crippen molar-refractivity contribution in [1.29, 1.82) is 0 Å². The van der Waals surface area contributed by atoms with Gasteiger partial charge in [-0.25, -0.2) is 15.0 Å². The van der Waals surface area contributed by atoms with Crippen LogP contribution in [0.1, 0.15) is 32.7 Å². The third kappa shape index (κ3) is 4.48. The summed E-state index contributed by atoms with van der Waals surface area (Å²) in [6.07, 6.45) is 5.43. The molecule has 0 aromatic carbocycles. The highest BCUT2D eigenvalue weighted by atomic mass is 32.1. The molecule has 8 heteroatoms. The zero-order valence-electron chi connectivity index (χ0n) is 14.8. The van der Waals surface area contributed by atoms with E-state index in [9.17, 15) is 0 Å². The van der Waals surface area contributed by atoms with Crippen molar-refractivity contribution >= 4 is 23.0 Å². The standard InChI is InChI=1S/C17H21N7S/c1-10-5-18-12(3)16(23-10)21-8-14-7-20-15(25-14)9-22-17-13(4)19-6-11(2)24-17/h5-7H,8-9H2,1-4H3,(H,21,23)(H,22,24). The molecule has 0 saturated carbocycles. The van der Waals surface area contributed by atoms with E-state index in [1.165, 1.54) is 0 Å². The SMILES string of the molecule is Cc1cnc(C)c(NCc2cnc(CNc3nc(C)cnc3C)s2)n1. The zero-order chi connectivity index (χ0) is 17.8. The van der Waals surface area contributed by atoms with E-state index in [1.807, 2.05) is 33.9 Å². The van der Waals surface area contributed by atoms with Crippen LogP contribution >= 0.6 is 11.3 Å². The van der Waals surface area contributed by atoms with Gasteiger partial charge in [-0.3, -0.25) is 9.97 Å². The fraction of sp³-hybridized carbons (Fsp3) is 0.353. The summed E-state index contributed by atoms with van der Waals surface area (Å²) in [5.41, 5.74) is 3.58. The predicted octanol–water partition coefficient (Wildman–Crippen LogP) is 3.18. The highest BCUT2D eigenvalue weighted by Gasteiger charge is 2.07. The molecule has 0 spiro atoms. The zero-order valence-corrected chi connectivity index (χ0v) is 15.6. The molecule has 3 heterocycles. The van der Waals surface area contributed by atoms with Crippen LogP contribution in [0.25, 0.3) is 0 Å². The molecule has 0 saturated heterocycles. The summed E-state index contributed by atoms with van der Waals surface area (Å²) in [5.74, 6) is 1.62. The lowest BCUT2D eigenvalue weighted by Crippen LogP contribution is -2.05. The Labute approximate surface area is 151 Å². The third-order valence-corrected chi connectivity index (χ3v) is 4.59. The van der Waals surface area contributed by atoms with Crippen molar-refractivity contribution in [3.63, 3.8) is 0 Å². The maximum atomic E-state index is 4.47. The molecule has 2 N–H and O–H groups in total. The largest absolute Gasteiger partial charge is 0.364 e. The van der Waals surface area contributed by atoms with Gasteiger partial charge in [0.25, 0.3) is 0 Å². The lowest BCUT2D eigenvalue weighted by Gasteiger charge is -2.07. The normalized spacial score (nSPS) is 10.7. The van der Waals surface area contributed by atoms with E-state index in [4.69, 9.17) is 0 Å². The van der Waals surface area contributed by atoms with Crippen LogP contribution in [0.2, 0.25) is 0 Å². The smallest absolute Gasteiger partial charge is 0.148 e. The summed E-state index contributed by atoms with van der Waals surface area (Å²) < 4.78 is 0. The number of anilines is 2. The summed E-state index contributed by atoms with van der Waals surface area (Å²) >= 11 is 1.66. The molecule has 0 amide bonds. The van der Waals surface area contributed by atoms with Crippen molar-refractivity contribution in [1.82, 2.24) is 24.9 Å². The van der Waals surface area contributed by atoms with Crippen LogP contribution in [-0.4, -0.2) is 24.9 Å². The van der Waals surface area contributed by atoms with E-state index in [0.29, 0.717) is 13.1 Å². The minimum atomic E-state index is 0.632. The topological polar surface area (TPSA) is 88.5 Å².